The highest BCUT2D eigenvalue weighted by molar-refractivity contribution is 7.10. The zero-order chi connectivity index (χ0) is 8.97. The topological polar surface area (TPSA) is 67.8 Å². The Morgan fingerprint density at radius 3 is 3.00 bits per heavy atom. The Hall–Kier alpha value is -0.870. The number of carboxylic acid groups (broad SMARTS) is 1. The van der Waals surface area contributed by atoms with E-state index in [1.54, 1.807) is 11.3 Å². The van der Waals surface area contributed by atoms with Crippen molar-refractivity contribution < 1.29 is 15.6 Å². The summed E-state index contributed by atoms with van der Waals surface area (Å²) in [7, 11) is 0. The van der Waals surface area contributed by atoms with Crippen molar-refractivity contribution in [1.29, 1.82) is 0 Å². The van der Waals surface area contributed by atoms with Gasteiger partial charge in [0.2, 0.25) is 0 Å². The number of quaternary nitrogens is 1. The highest BCUT2D eigenvalue weighted by Gasteiger charge is 2.09. The number of thiophene rings is 1. The Labute approximate surface area is 74.8 Å². The molecule has 0 aliphatic heterocycles. The first-order chi connectivity index (χ1) is 5.70. The van der Waals surface area contributed by atoms with Crippen LogP contribution in [-0.4, -0.2) is 5.97 Å². The summed E-state index contributed by atoms with van der Waals surface area (Å²) in [6.07, 6.45) is 0.648. The molecule has 3 nitrogen and oxygen atoms in total. The maximum absolute atomic E-state index is 10.1. The van der Waals surface area contributed by atoms with Crippen LogP contribution in [0.25, 0.3) is 0 Å². The summed E-state index contributed by atoms with van der Waals surface area (Å²) in [5.41, 5.74) is 3.87. The van der Waals surface area contributed by atoms with Crippen molar-refractivity contribution in [2.24, 2.45) is 0 Å². The number of rotatable bonds is 4. The number of aliphatic carboxylic acids is 1. The van der Waals surface area contributed by atoms with Gasteiger partial charge >= 0.3 is 0 Å². The molecule has 0 unspecified atom stereocenters. The van der Waals surface area contributed by atoms with Crippen molar-refractivity contribution in [2.45, 2.75) is 18.9 Å². The van der Waals surface area contributed by atoms with Gasteiger partial charge in [0.15, 0.2) is 0 Å². The predicted molar refractivity (Wildman–Crippen MR) is 44.2 cm³/mol. The molecule has 0 saturated heterocycles. The summed E-state index contributed by atoms with van der Waals surface area (Å²) in [5, 5.41) is 12.1. The molecule has 1 aromatic heterocycles. The number of hydrogen-bond acceptors (Lipinski definition) is 3. The lowest BCUT2D eigenvalue weighted by Crippen LogP contribution is -2.53. The van der Waals surface area contributed by atoms with Gasteiger partial charge in [-0.25, -0.2) is 0 Å². The molecule has 0 fully saturated rings. The average molecular weight is 185 g/mol. The van der Waals surface area contributed by atoms with Gasteiger partial charge in [0, 0.05) is 12.4 Å². The molecule has 0 saturated carbocycles. The Kier molecular flexibility index (Phi) is 3.25. The van der Waals surface area contributed by atoms with Crippen molar-refractivity contribution in [3.8, 4) is 0 Å². The third-order valence-corrected chi connectivity index (χ3v) is 2.68. The minimum Gasteiger partial charge on any atom is -0.550 e. The van der Waals surface area contributed by atoms with Crippen LogP contribution in [0.15, 0.2) is 17.5 Å². The first kappa shape index (κ1) is 9.22. The summed E-state index contributed by atoms with van der Waals surface area (Å²) in [4.78, 5) is 11.3. The second kappa shape index (κ2) is 4.23. The Bertz CT molecular complexity index is 246. The van der Waals surface area contributed by atoms with Crippen LogP contribution in [0.4, 0.5) is 0 Å². The fraction of sp³-hybridized carbons (Fsp3) is 0.375. The van der Waals surface area contributed by atoms with Crippen LogP contribution in [-0.2, 0) is 4.79 Å². The number of carbonyl (C=O) groups excluding carboxylic acids is 1. The van der Waals surface area contributed by atoms with E-state index in [0.29, 0.717) is 6.42 Å². The quantitative estimate of drug-likeness (QED) is 0.691. The van der Waals surface area contributed by atoms with Gasteiger partial charge in [-0.1, -0.05) is 6.07 Å². The number of carboxylic acids is 1. The smallest absolute Gasteiger partial charge is 0.120 e. The summed E-state index contributed by atoms with van der Waals surface area (Å²) >= 11 is 1.61. The highest BCUT2D eigenvalue weighted by atomic mass is 32.1. The summed E-state index contributed by atoms with van der Waals surface area (Å²) in [6.45, 7) is 0. The molecule has 1 aromatic rings. The summed E-state index contributed by atoms with van der Waals surface area (Å²) in [6, 6.07) is 4.00. The van der Waals surface area contributed by atoms with E-state index in [4.69, 9.17) is 0 Å². The molecule has 12 heavy (non-hydrogen) atoms. The summed E-state index contributed by atoms with van der Waals surface area (Å²) in [5.74, 6) is -1.000. The lowest BCUT2D eigenvalue weighted by Gasteiger charge is -2.05. The van der Waals surface area contributed by atoms with E-state index < -0.39 is 5.97 Å². The first-order valence-corrected chi connectivity index (χ1v) is 4.64. The zero-order valence-corrected chi connectivity index (χ0v) is 7.47. The van der Waals surface area contributed by atoms with Gasteiger partial charge in [-0.15, -0.1) is 11.3 Å². The van der Waals surface area contributed by atoms with Crippen molar-refractivity contribution >= 4 is 17.3 Å². The Balaban J connectivity index is 2.39. The van der Waals surface area contributed by atoms with Crippen LogP contribution in [0.5, 0.6) is 0 Å². The van der Waals surface area contributed by atoms with Crippen molar-refractivity contribution in [3.63, 3.8) is 0 Å². The van der Waals surface area contributed by atoms with Crippen LogP contribution in [0.1, 0.15) is 23.8 Å². The monoisotopic (exact) mass is 185 g/mol. The SMILES string of the molecule is [NH3+][C@@H](CCC(=O)[O-])c1cccs1. The fourth-order valence-electron chi connectivity index (χ4n) is 0.958. The van der Waals surface area contributed by atoms with Crippen LogP contribution in [0.3, 0.4) is 0 Å². The molecule has 66 valence electrons. The number of carbonyl (C=O) groups is 1. The van der Waals surface area contributed by atoms with E-state index in [1.165, 1.54) is 0 Å². The Morgan fingerprint density at radius 2 is 2.50 bits per heavy atom. The van der Waals surface area contributed by atoms with E-state index in [9.17, 15) is 9.90 Å². The number of hydrogen-bond donors (Lipinski definition) is 1. The first-order valence-electron chi connectivity index (χ1n) is 3.76. The van der Waals surface area contributed by atoms with Crippen molar-refractivity contribution in [1.82, 2.24) is 0 Å². The second-order valence-electron chi connectivity index (χ2n) is 2.62. The highest BCUT2D eigenvalue weighted by Crippen LogP contribution is 2.18. The molecule has 0 bridgehead atoms. The van der Waals surface area contributed by atoms with Gasteiger partial charge in [0.1, 0.15) is 6.04 Å². The van der Waals surface area contributed by atoms with Crippen molar-refractivity contribution in [3.05, 3.63) is 22.4 Å². The predicted octanol–water partition coefficient (Wildman–Crippen LogP) is -0.439. The minimum absolute atomic E-state index is 0.0860. The molecule has 3 N–H and O–H groups in total. The molecule has 0 amide bonds. The largest absolute Gasteiger partial charge is 0.550 e. The molecular formula is C8H11NO2S. The Morgan fingerprint density at radius 1 is 1.75 bits per heavy atom. The average Bonchev–Trinajstić information content (AvgIpc) is 2.51. The van der Waals surface area contributed by atoms with Crippen molar-refractivity contribution in [2.75, 3.05) is 0 Å². The molecule has 0 spiro atoms. The lowest BCUT2D eigenvalue weighted by atomic mass is 10.1. The van der Waals surface area contributed by atoms with E-state index in [1.807, 2.05) is 17.5 Å². The molecule has 0 aromatic carbocycles. The maximum atomic E-state index is 10.1. The summed E-state index contributed by atoms with van der Waals surface area (Å²) < 4.78 is 0. The standard InChI is InChI=1S/C8H11NO2S/c9-6(3-4-8(10)11)7-2-1-5-12-7/h1-2,5-6H,3-4,9H2,(H,10,11)/t6-/m0/s1. The molecule has 1 heterocycles. The van der Waals surface area contributed by atoms with Gasteiger partial charge in [0.25, 0.3) is 0 Å². The molecule has 4 heteroatoms. The van der Waals surface area contributed by atoms with E-state index in [-0.39, 0.29) is 12.5 Å². The van der Waals surface area contributed by atoms with E-state index in [0.717, 1.165) is 4.88 Å². The molecule has 1 atom stereocenters. The second-order valence-corrected chi connectivity index (χ2v) is 3.60. The lowest BCUT2D eigenvalue weighted by molar-refractivity contribution is -0.427. The van der Waals surface area contributed by atoms with Gasteiger partial charge < -0.3 is 15.6 Å². The zero-order valence-electron chi connectivity index (χ0n) is 6.66. The van der Waals surface area contributed by atoms with Gasteiger partial charge in [-0.3, -0.25) is 0 Å². The third kappa shape index (κ3) is 2.64. The van der Waals surface area contributed by atoms with Crippen LogP contribution in [0.2, 0.25) is 0 Å². The minimum atomic E-state index is -1.000. The van der Waals surface area contributed by atoms with E-state index >= 15 is 0 Å². The molecule has 0 aliphatic carbocycles. The molecule has 0 aliphatic rings. The van der Waals surface area contributed by atoms with Gasteiger partial charge in [0.05, 0.1) is 4.88 Å². The normalized spacial score (nSPS) is 12.8. The van der Waals surface area contributed by atoms with Crippen LogP contribution in [0, 0.1) is 0 Å². The fourth-order valence-corrected chi connectivity index (χ4v) is 1.74. The maximum Gasteiger partial charge on any atom is 0.120 e. The van der Waals surface area contributed by atoms with E-state index in [2.05, 4.69) is 5.73 Å². The molecular weight excluding hydrogens is 174 g/mol. The molecule has 0 radical (unpaired) electrons. The van der Waals surface area contributed by atoms with Crippen LogP contribution < -0.4 is 10.8 Å². The van der Waals surface area contributed by atoms with Crippen LogP contribution >= 0.6 is 11.3 Å². The van der Waals surface area contributed by atoms with Gasteiger partial charge in [-0.2, -0.15) is 0 Å². The third-order valence-electron chi connectivity index (χ3n) is 1.64. The molecule has 1 rings (SSSR count). The van der Waals surface area contributed by atoms with Gasteiger partial charge in [-0.05, 0) is 17.9 Å².